The minimum atomic E-state index is -1.00. The van der Waals surface area contributed by atoms with Gasteiger partial charge < -0.3 is 14.7 Å². The van der Waals surface area contributed by atoms with Crippen molar-refractivity contribution in [3.63, 3.8) is 0 Å². The number of aliphatic carboxylic acids is 1. The first-order valence-electron chi connectivity index (χ1n) is 8.18. The lowest BCUT2D eigenvalue weighted by Gasteiger charge is -2.33. The normalized spacial score (nSPS) is 35.3. The zero-order chi connectivity index (χ0) is 17.9. The Morgan fingerprint density at radius 2 is 2.24 bits per heavy atom. The van der Waals surface area contributed by atoms with E-state index in [1.807, 2.05) is 13.0 Å². The molecule has 1 spiro atoms. The third-order valence-electron chi connectivity index (χ3n) is 5.34. The number of rotatable bonds is 4. The smallest absolute Gasteiger partial charge is 0.310 e. The van der Waals surface area contributed by atoms with Gasteiger partial charge in [-0.2, -0.15) is 0 Å². The van der Waals surface area contributed by atoms with Crippen LogP contribution in [0.1, 0.15) is 13.3 Å². The van der Waals surface area contributed by atoms with Crippen LogP contribution in [-0.4, -0.2) is 34.7 Å². The number of halogens is 1. The molecule has 1 amide bonds. The number of carboxylic acids is 1. The van der Waals surface area contributed by atoms with Crippen molar-refractivity contribution in [3.8, 4) is 0 Å². The summed E-state index contributed by atoms with van der Waals surface area (Å²) in [6.07, 6.45) is 3.62. The number of carbonyl (C=O) groups is 2. The molecule has 5 nitrogen and oxygen atoms in total. The fourth-order valence-electron chi connectivity index (χ4n) is 4.45. The number of ether oxygens (including phenoxy) is 1. The van der Waals surface area contributed by atoms with Crippen LogP contribution in [-0.2, 0) is 14.3 Å². The molecule has 130 valence electrons. The number of hydrogen-bond acceptors (Lipinski definition) is 3. The van der Waals surface area contributed by atoms with Crippen LogP contribution in [0.2, 0.25) is 5.02 Å². The number of fused-ring (bicyclic) bond motifs is 1. The molecule has 4 rings (SSSR count). The predicted octanol–water partition coefficient (Wildman–Crippen LogP) is 3.05. The van der Waals surface area contributed by atoms with Crippen LogP contribution in [0.25, 0.3) is 0 Å². The lowest BCUT2D eigenvalue weighted by molar-refractivity contribution is -0.146. The average Bonchev–Trinajstić information content (AvgIpc) is 3.16. The second kappa shape index (κ2) is 5.44. The number of carbonyl (C=O) groups excluding carboxylic acids is 1. The third kappa shape index (κ3) is 2.19. The van der Waals surface area contributed by atoms with Gasteiger partial charge in [0.1, 0.15) is 11.5 Å². The summed E-state index contributed by atoms with van der Waals surface area (Å²) in [5.41, 5.74) is 0.628. The van der Waals surface area contributed by atoms with E-state index in [-0.39, 0.29) is 11.9 Å². The van der Waals surface area contributed by atoms with Crippen molar-refractivity contribution in [1.82, 2.24) is 0 Å². The van der Waals surface area contributed by atoms with E-state index in [1.165, 1.54) is 0 Å². The Kier molecular flexibility index (Phi) is 3.56. The van der Waals surface area contributed by atoms with E-state index in [0.29, 0.717) is 17.1 Å². The highest BCUT2D eigenvalue weighted by molar-refractivity contribution is 6.31. The first-order valence-corrected chi connectivity index (χ1v) is 8.56. The first kappa shape index (κ1) is 16.4. The van der Waals surface area contributed by atoms with E-state index in [2.05, 4.69) is 6.58 Å². The van der Waals surface area contributed by atoms with Crippen LogP contribution in [0, 0.1) is 11.8 Å². The molecule has 0 unspecified atom stereocenters. The Morgan fingerprint density at radius 3 is 2.88 bits per heavy atom. The number of carboxylic acid groups (broad SMARTS) is 1. The molecule has 0 saturated carbocycles. The molecule has 1 aromatic carbocycles. The Bertz CT molecular complexity index is 819. The highest BCUT2D eigenvalue weighted by Crippen LogP contribution is 2.56. The highest BCUT2D eigenvalue weighted by atomic mass is 35.5. The zero-order valence-electron chi connectivity index (χ0n) is 13.7. The van der Waals surface area contributed by atoms with Gasteiger partial charge in [0.05, 0.1) is 18.1 Å². The predicted molar refractivity (Wildman–Crippen MR) is 93.5 cm³/mol. The molecule has 3 heterocycles. The molecule has 1 aromatic rings. The van der Waals surface area contributed by atoms with Gasteiger partial charge >= 0.3 is 5.97 Å². The number of amides is 1. The quantitative estimate of drug-likeness (QED) is 0.839. The monoisotopic (exact) mass is 359 g/mol. The van der Waals surface area contributed by atoms with E-state index < -0.39 is 29.5 Å². The fourth-order valence-corrected chi connectivity index (χ4v) is 4.63. The maximum Gasteiger partial charge on any atom is 0.310 e. The fraction of sp³-hybridized carbons (Fsp3) is 0.368. The lowest BCUT2D eigenvalue weighted by Crippen LogP contribution is -2.45. The molecule has 2 saturated heterocycles. The van der Waals surface area contributed by atoms with Gasteiger partial charge in [0.25, 0.3) is 0 Å². The van der Waals surface area contributed by atoms with E-state index >= 15 is 0 Å². The van der Waals surface area contributed by atoms with Crippen LogP contribution in [0.4, 0.5) is 5.69 Å². The van der Waals surface area contributed by atoms with Crippen molar-refractivity contribution < 1.29 is 19.4 Å². The summed E-state index contributed by atoms with van der Waals surface area (Å²) in [5, 5.41) is 10.2. The number of hydrogen-bond donors (Lipinski definition) is 1. The third-order valence-corrected chi connectivity index (χ3v) is 5.57. The summed E-state index contributed by atoms with van der Waals surface area (Å²) in [4.78, 5) is 26.7. The second-order valence-corrected chi connectivity index (χ2v) is 7.44. The highest BCUT2D eigenvalue weighted by Gasteiger charge is 2.71. The van der Waals surface area contributed by atoms with Crippen LogP contribution in [0.5, 0.6) is 0 Å². The number of nitrogens with zero attached hydrogens (tertiary/aromatic N) is 1. The SMILES string of the molecule is C=C(C)C[C@H]1N(c2cccc(Cl)c2)C(=O)[C@H]2[C@@H](C(=O)O)[C@H]3C=C[C@@]21O3. The Hall–Kier alpha value is -2.11. The zero-order valence-corrected chi connectivity index (χ0v) is 14.4. The molecule has 25 heavy (non-hydrogen) atoms. The number of benzene rings is 1. The second-order valence-electron chi connectivity index (χ2n) is 7.00. The minimum Gasteiger partial charge on any atom is -0.481 e. The molecule has 5 atom stereocenters. The maximum absolute atomic E-state index is 13.3. The van der Waals surface area contributed by atoms with Gasteiger partial charge in [0, 0.05) is 10.7 Å². The van der Waals surface area contributed by atoms with Crippen LogP contribution >= 0.6 is 11.6 Å². The summed E-state index contributed by atoms with van der Waals surface area (Å²) in [7, 11) is 0. The van der Waals surface area contributed by atoms with Gasteiger partial charge in [-0.3, -0.25) is 9.59 Å². The molecular weight excluding hydrogens is 342 g/mol. The van der Waals surface area contributed by atoms with Crippen LogP contribution in [0.15, 0.2) is 48.6 Å². The van der Waals surface area contributed by atoms with Crippen molar-refractivity contribution in [1.29, 1.82) is 0 Å². The van der Waals surface area contributed by atoms with Crippen molar-refractivity contribution in [2.75, 3.05) is 4.90 Å². The molecule has 2 fully saturated rings. The van der Waals surface area contributed by atoms with Gasteiger partial charge in [-0.1, -0.05) is 35.4 Å². The van der Waals surface area contributed by atoms with Gasteiger partial charge in [0.2, 0.25) is 5.91 Å². The van der Waals surface area contributed by atoms with Gasteiger partial charge in [-0.15, -0.1) is 6.58 Å². The van der Waals surface area contributed by atoms with E-state index in [9.17, 15) is 14.7 Å². The summed E-state index contributed by atoms with van der Waals surface area (Å²) in [6.45, 7) is 5.87. The van der Waals surface area contributed by atoms with Gasteiger partial charge in [-0.05, 0) is 31.5 Å². The molecule has 0 aromatic heterocycles. The first-order chi connectivity index (χ1) is 11.8. The summed E-state index contributed by atoms with van der Waals surface area (Å²) < 4.78 is 6.10. The molecule has 0 radical (unpaired) electrons. The van der Waals surface area contributed by atoms with Crippen LogP contribution < -0.4 is 4.90 Å². The van der Waals surface area contributed by atoms with Crippen molar-refractivity contribution >= 4 is 29.2 Å². The Balaban J connectivity index is 1.85. The van der Waals surface area contributed by atoms with Crippen LogP contribution in [0.3, 0.4) is 0 Å². The largest absolute Gasteiger partial charge is 0.481 e. The minimum absolute atomic E-state index is 0.229. The van der Waals surface area contributed by atoms with E-state index in [4.69, 9.17) is 16.3 Å². The molecule has 0 aliphatic carbocycles. The topological polar surface area (TPSA) is 66.8 Å². The number of anilines is 1. The molecular formula is C19H18ClNO4. The molecule has 1 N–H and O–H groups in total. The molecule has 2 bridgehead atoms. The molecule has 3 aliphatic heterocycles. The molecule has 6 heteroatoms. The summed E-state index contributed by atoms with van der Waals surface area (Å²) >= 11 is 6.11. The van der Waals surface area contributed by atoms with Gasteiger partial charge in [0.15, 0.2) is 0 Å². The average molecular weight is 360 g/mol. The Labute approximate surface area is 150 Å². The summed E-state index contributed by atoms with van der Waals surface area (Å²) in [6, 6.07) is 6.69. The van der Waals surface area contributed by atoms with Crippen molar-refractivity contribution in [2.45, 2.75) is 31.1 Å². The standard InChI is InChI=1S/C19H18ClNO4/c1-10(2)8-14-19-7-6-13(25-19)15(18(23)24)16(19)17(22)21(14)12-5-3-4-11(20)9-12/h3-7,9,13-16H,1,8H2,2H3,(H,23,24)/t13-,14-,15+,16-,19+/m1/s1. The van der Waals surface area contributed by atoms with Crippen molar-refractivity contribution in [3.05, 3.63) is 53.6 Å². The van der Waals surface area contributed by atoms with Gasteiger partial charge in [-0.25, -0.2) is 0 Å². The Morgan fingerprint density at radius 1 is 1.48 bits per heavy atom. The molecule has 3 aliphatic rings. The lowest BCUT2D eigenvalue weighted by atomic mass is 9.74. The van der Waals surface area contributed by atoms with E-state index in [0.717, 1.165) is 5.57 Å². The van der Waals surface area contributed by atoms with E-state index in [1.54, 1.807) is 35.2 Å². The summed E-state index contributed by atoms with van der Waals surface area (Å²) in [5.74, 6) is -2.83. The van der Waals surface area contributed by atoms with Crippen molar-refractivity contribution in [2.24, 2.45) is 11.8 Å². The maximum atomic E-state index is 13.3.